The van der Waals surface area contributed by atoms with Crippen molar-refractivity contribution >= 4 is 5.69 Å². The SMILES string of the molecule is Cc1cc(F)ccc1NC1CCOCC1. The van der Waals surface area contributed by atoms with Crippen LogP contribution in [0.5, 0.6) is 0 Å². The van der Waals surface area contributed by atoms with Crippen LogP contribution in [0.3, 0.4) is 0 Å². The van der Waals surface area contributed by atoms with Crippen LogP contribution >= 0.6 is 0 Å². The van der Waals surface area contributed by atoms with Crippen LogP contribution in [0.2, 0.25) is 0 Å². The molecule has 0 bridgehead atoms. The van der Waals surface area contributed by atoms with Gasteiger partial charge in [0.2, 0.25) is 0 Å². The van der Waals surface area contributed by atoms with Crippen molar-refractivity contribution in [3.63, 3.8) is 0 Å². The first-order valence-electron chi connectivity index (χ1n) is 5.36. The van der Waals surface area contributed by atoms with Crippen LogP contribution in [-0.4, -0.2) is 19.3 Å². The van der Waals surface area contributed by atoms with E-state index in [4.69, 9.17) is 4.74 Å². The molecule has 0 unspecified atom stereocenters. The van der Waals surface area contributed by atoms with Gasteiger partial charge in [0.05, 0.1) is 0 Å². The Kier molecular flexibility index (Phi) is 3.21. The number of ether oxygens (including phenoxy) is 1. The number of hydrogen-bond donors (Lipinski definition) is 1. The number of halogens is 1. The third-order valence-electron chi connectivity index (χ3n) is 2.77. The second-order valence-corrected chi connectivity index (χ2v) is 3.99. The Morgan fingerprint density at radius 2 is 2.07 bits per heavy atom. The maximum absolute atomic E-state index is 12.9. The first-order chi connectivity index (χ1) is 7.25. The molecule has 1 aromatic carbocycles. The molecule has 0 saturated carbocycles. The molecule has 82 valence electrons. The van der Waals surface area contributed by atoms with E-state index in [2.05, 4.69) is 5.32 Å². The van der Waals surface area contributed by atoms with Crippen molar-refractivity contribution in [2.24, 2.45) is 0 Å². The van der Waals surface area contributed by atoms with Crippen molar-refractivity contribution in [2.75, 3.05) is 18.5 Å². The second-order valence-electron chi connectivity index (χ2n) is 3.99. The lowest BCUT2D eigenvalue weighted by Crippen LogP contribution is -2.28. The highest BCUT2D eigenvalue weighted by Gasteiger charge is 2.13. The van der Waals surface area contributed by atoms with E-state index in [1.807, 2.05) is 6.92 Å². The van der Waals surface area contributed by atoms with Gasteiger partial charge in [0.15, 0.2) is 0 Å². The highest BCUT2D eigenvalue weighted by molar-refractivity contribution is 5.51. The molecule has 0 amide bonds. The first kappa shape index (κ1) is 10.4. The number of rotatable bonds is 2. The van der Waals surface area contributed by atoms with Crippen LogP contribution in [-0.2, 0) is 4.74 Å². The Balaban J connectivity index is 2.03. The van der Waals surface area contributed by atoms with Gasteiger partial charge in [0.1, 0.15) is 5.82 Å². The van der Waals surface area contributed by atoms with Gasteiger partial charge in [-0.1, -0.05) is 0 Å². The number of aryl methyl sites for hydroxylation is 1. The minimum absolute atomic E-state index is 0.176. The summed E-state index contributed by atoms with van der Waals surface area (Å²) in [5, 5.41) is 3.43. The van der Waals surface area contributed by atoms with Crippen LogP contribution in [0.4, 0.5) is 10.1 Å². The zero-order valence-electron chi connectivity index (χ0n) is 8.92. The fourth-order valence-corrected chi connectivity index (χ4v) is 1.85. The largest absolute Gasteiger partial charge is 0.382 e. The topological polar surface area (TPSA) is 21.3 Å². The summed E-state index contributed by atoms with van der Waals surface area (Å²) in [4.78, 5) is 0. The zero-order valence-corrected chi connectivity index (χ0v) is 8.92. The molecular weight excluding hydrogens is 193 g/mol. The Labute approximate surface area is 89.4 Å². The van der Waals surface area contributed by atoms with Gasteiger partial charge in [-0.2, -0.15) is 0 Å². The van der Waals surface area contributed by atoms with Crippen LogP contribution in [0.25, 0.3) is 0 Å². The lowest BCUT2D eigenvalue weighted by Gasteiger charge is -2.24. The monoisotopic (exact) mass is 209 g/mol. The predicted octanol–water partition coefficient (Wildman–Crippen LogP) is 2.73. The molecule has 0 atom stereocenters. The van der Waals surface area contributed by atoms with Crippen LogP contribution in [0.1, 0.15) is 18.4 Å². The normalized spacial score (nSPS) is 17.7. The quantitative estimate of drug-likeness (QED) is 0.808. The van der Waals surface area contributed by atoms with Gasteiger partial charge in [0, 0.05) is 24.9 Å². The van der Waals surface area contributed by atoms with Crippen LogP contribution in [0.15, 0.2) is 18.2 Å². The van der Waals surface area contributed by atoms with Gasteiger partial charge in [-0.3, -0.25) is 0 Å². The summed E-state index contributed by atoms with van der Waals surface area (Å²) in [6.07, 6.45) is 2.05. The van der Waals surface area contributed by atoms with E-state index in [-0.39, 0.29) is 5.82 Å². The second kappa shape index (κ2) is 4.62. The summed E-state index contributed by atoms with van der Waals surface area (Å²) in [7, 11) is 0. The Hall–Kier alpha value is -1.09. The molecular formula is C12H16FNO. The minimum atomic E-state index is -0.176. The summed E-state index contributed by atoms with van der Waals surface area (Å²) in [5.74, 6) is -0.176. The summed E-state index contributed by atoms with van der Waals surface area (Å²) in [6, 6.07) is 5.32. The summed E-state index contributed by atoms with van der Waals surface area (Å²) < 4.78 is 18.2. The molecule has 0 aromatic heterocycles. The van der Waals surface area contributed by atoms with Crippen molar-refractivity contribution in [3.8, 4) is 0 Å². The molecule has 3 heteroatoms. The molecule has 2 nitrogen and oxygen atoms in total. The van der Waals surface area contributed by atoms with Gasteiger partial charge in [-0.05, 0) is 43.5 Å². The highest BCUT2D eigenvalue weighted by Crippen LogP contribution is 2.19. The van der Waals surface area contributed by atoms with E-state index >= 15 is 0 Å². The maximum atomic E-state index is 12.9. The number of hydrogen-bond acceptors (Lipinski definition) is 2. The molecule has 0 aliphatic carbocycles. The van der Waals surface area contributed by atoms with E-state index < -0.39 is 0 Å². The number of nitrogens with one attached hydrogen (secondary N) is 1. The average Bonchev–Trinajstić information content (AvgIpc) is 2.24. The average molecular weight is 209 g/mol. The molecule has 1 heterocycles. The molecule has 0 radical (unpaired) electrons. The van der Waals surface area contributed by atoms with Gasteiger partial charge < -0.3 is 10.1 Å². The first-order valence-corrected chi connectivity index (χ1v) is 5.36. The van der Waals surface area contributed by atoms with Crippen molar-refractivity contribution < 1.29 is 9.13 Å². The number of anilines is 1. The van der Waals surface area contributed by atoms with Crippen molar-refractivity contribution in [1.29, 1.82) is 0 Å². The third kappa shape index (κ3) is 2.69. The van der Waals surface area contributed by atoms with Crippen molar-refractivity contribution in [2.45, 2.75) is 25.8 Å². The van der Waals surface area contributed by atoms with Crippen LogP contribution in [0, 0.1) is 12.7 Å². The number of benzene rings is 1. The van der Waals surface area contributed by atoms with Crippen molar-refractivity contribution in [1.82, 2.24) is 0 Å². The van der Waals surface area contributed by atoms with Gasteiger partial charge in [0.25, 0.3) is 0 Å². The minimum Gasteiger partial charge on any atom is -0.382 e. The van der Waals surface area contributed by atoms with Crippen molar-refractivity contribution in [3.05, 3.63) is 29.6 Å². The van der Waals surface area contributed by atoms with Gasteiger partial charge in [-0.15, -0.1) is 0 Å². The Bertz CT molecular complexity index is 334. The smallest absolute Gasteiger partial charge is 0.123 e. The Morgan fingerprint density at radius 3 is 2.73 bits per heavy atom. The fourth-order valence-electron chi connectivity index (χ4n) is 1.85. The van der Waals surface area contributed by atoms with Crippen LogP contribution < -0.4 is 5.32 Å². The molecule has 15 heavy (non-hydrogen) atoms. The molecule has 2 rings (SSSR count). The standard InChI is InChI=1S/C12H16FNO/c1-9-8-10(13)2-3-12(9)14-11-4-6-15-7-5-11/h2-3,8,11,14H,4-7H2,1H3. The molecule has 0 spiro atoms. The van der Waals surface area contributed by atoms with E-state index in [1.54, 1.807) is 12.1 Å². The van der Waals surface area contributed by atoms with E-state index in [0.29, 0.717) is 6.04 Å². The molecule has 1 saturated heterocycles. The zero-order chi connectivity index (χ0) is 10.7. The Morgan fingerprint density at radius 1 is 1.33 bits per heavy atom. The predicted molar refractivity (Wildman–Crippen MR) is 58.6 cm³/mol. The lowest BCUT2D eigenvalue weighted by molar-refractivity contribution is 0.0904. The lowest BCUT2D eigenvalue weighted by atomic mass is 10.1. The molecule has 1 aliphatic heterocycles. The molecule has 1 N–H and O–H groups in total. The van der Waals surface area contributed by atoms with E-state index in [1.165, 1.54) is 6.07 Å². The maximum Gasteiger partial charge on any atom is 0.123 e. The molecule has 1 fully saturated rings. The summed E-state index contributed by atoms with van der Waals surface area (Å²) in [5.41, 5.74) is 1.99. The van der Waals surface area contributed by atoms with E-state index in [9.17, 15) is 4.39 Å². The molecule has 1 aliphatic rings. The summed E-state index contributed by atoms with van der Waals surface area (Å²) in [6.45, 7) is 3.56. The van der Waals surface area contributed by atoms with E-state index in [0.717, 1.165) is 37.3 Å². The van der Waals surface area contributed by atoms with Gasteiger partial charge in [-0.25, -0.2) is 4.39 Å². The van der Waals surface area contributed by atoms with Gasteiger partial charge >= 0.3 is 0 Å². The molecule has 1 aromatic rings. The fraction of sp³-hybridized carbons (Fsp3) is 0.500. The highest BCUT2D eigenvalue weighted by atomic mass is 19.1. The third-order valence-corrected chi connectivity index (χ3v) is 2.77. The summed E-state index contributed by atoms with van der Waals surface area (Å²) >= 11 is 0.